The van der Waals surface area contributed by atoms with Crippen molar-refractivity contribution in [2.24, 2.45) is 0 Å². The third-order valence-electron chi connectivity index (χ3n) is 4.77. The average molecular weight is 383 g/mol. The van der Waals surface area contributed by atoms with Gasteiger partial charge in [0.1, 0.15) is 0 Å². The van der Waals surface area contributed by atoms with E-state index in [1.165, 1.54) is 33.2 Å². The molecule has 2 aliphatic rings. The van der Waals surface area contributed by atoms with Crippen LogP contribution in [0.1, 0.15) is 13.8 Å². The molecule has 6 heteroatoms. The number of rotatable bonds is 0. The van der Waals surface area contributed by atoms with E-state index in [0.29, 0.717) is 0 Å². The van der Waals surface area contributed by atoms with Gasteiger partial charge < -0.3 is 9.80 Å². The minimum atomic E-state index is 0.0346. The van der Waals surface area contributed by atoms with Gasteiger partial charge in [-0.15, -0.1) is 0 Å². The van der Waals surface area contributed by atoms with Crippen LogP contribution in [0.3, 0.4) is 0 Å². The summed E-state index contributed by atoms with van der Waals surface area (Å²) in [6, 6.07) is 16.5. The van der Waals surface area contributed by atoms with Gasteiger partial charge in [-0.1, -0.05) is 47.3 Å². The van der Waals surface area contributed by atoms with Crippen molar-refractivity contribution in [2.45, 2.75) is 13.8 Å². The van der Waals surface area contributed by atoms with E-state index in [4.69, 9.17) is 22.9 Å². The zero-order chi connectivity index (χ0) is 18.8. The first-order chi connectivity index (χ1) is 12.4. The van der Waals surface area contributed by atoms with E-state index in [1.54, 1.807) is 0 Å². The molecule has 0 saturated carbocycles. The van der Waals surface area contributed by atoms with Crippen LogP contribution >= 0.6 is 22.9 Å². The molecule has 2 aliphatic heterocycles. The second-order valence-electron chi connectivity index (χ2n) is 6.81. The van der Waals surface area contributed by atoms with Crippen molar-refractivity contribution in [3.05, 3.63) is 71.9 Å². The van der Waals surface area contributed by atoms with Crippen LogP contribution in [0.15, 0.2) is 71.9 Å². The lowest BCUT2D eigenvalue weighted by atomic mass is 9.60. The van der Waals surface area contributed by atoms with Crippen molar-refractivity contribution >= 4 is 57.5 Å². The monoisotopic (exact) mass is 382 g/mol. The van der Waals surface area contributed by atoms with Gasteiger partial charge in [-0.05, 0) is 49.3 Å². The number of anilines is 2. The SMILES string of the molecule is CC1=CN(C)c2ccccc2B1Cl.CC1=CN(C)c2ccccc2B1Cl. The average Bonchev–Trinajstić information content (AvgIpc) is 2.65. The van der Waals surface area contributed by atoms with Gasteiger partial charge in [0.25, 0.3) is 0 Å². The zero-order valence-electron chi connectivity index (χ0n) is 15.6. The number of nitrogens with zero attached hydrogens (tertiary/aromatic N) is 2. The van der Waals surface area contributed by atoms with Gasteiger partial charge in [0.05, 0.1) is 0 Å². The maximum atomic E-state index is 6.27. The maximum Gasteiger partial charge on any atom is 0.314 e. The van der Waals surface area contributed by atoms with E-state index in [2.05, 4.69) is 60.3 Å². The highest BCUT2D eigenvalue weighted by atomic mass is 35.5. The van der Waals surface area contributed by atoms with Gasteiger partial charge in [0, 0.05) is 25.5 Å². The highest BCUT2D eigenvalue weighted by molar-refractivity contribution is 7.19. The maximum absolute atomic E-state index is 6.27. The van der Waals surface area contributed by atoms with Gasteiger partial charge in [-0.25, -0.2) is 0 Å². The lowest BCUT2D eigenvalue weighted by Crippen LogP contribution is -2.36. The number of fused-ring (bicyclic) bond motifs is 2. The van der Waals surface area contributed by atoms with E-state index < -0.39 is 0 Å². The second-order valence-corrected chi connectivity index (χ2v) is 7.68. The molecule has 0 radical (unpaired) electrons. The number of hydrogen-bond donors (Lipinski definition) is 0. The van der Waals surface area contributed by atoms with Crippen LogP contribution in [0.5, 0.6) is 0 Å². The molecule has 0 unspecified atom stereocenters. The largest absolute Gasteiger partial charge is 0.352 e. The van der Waals surface area contributed by atoms with Crippen molar-refractivity contribution < 1.29 is 0 Å². The topological polar surface area (TPSA) is 6.48 Å². The summed E-state index contributed by atoms with van der Waals surface area (Å²) in [5.41, 5.74) is 7.20. The van der Waals surface area contributed by atoms with Gasteiger partial charge in [-0.3, -0.25) is 0 Å². The third kappa shape index (κ3) is 3.67. The fraction of sp³-hybridized carbons (Fsp3) is 0.200. The first kappa shape index (κ1) is 19.0. The molecule has 0 bridgehead atoms. The Bertz CT molecular complexity index is 795. The van der Waals surface area contributed by atoms with E-state index in [0.717, 1.165) is 0 Å². The lowest BCUT2D eigenvalue weighted by molar-refractivity contribution is 1.19. The summed E-state index contributed by atoms with van der Waals surface area (Å²) in [4.78, 5) is 4.23. The summed E-state index contributed by atoms with van der Waals surface area (Å²) in [5, 5.41) is 0. The smallest absolute Gasteiger partial charge is 0.314 e. The molecular formula is C20H22B2Cl2N2. The molecule has 26 heavy (non-hydrogen) atoms. The van der Waals surface area contributed by atoms with E-state index in [1.807, 2.05) is 38.4 Å². The summed E-state index contributed by atoms with van der Waals surface area (Å²) in [6.07, 6.45) is 4.24. The zero-order valence-corrected chi connectivity index (χ0v) is 17.1. The molecule has 2 nitrogen and oxygen atoms in total. The molecule has 0 saturated heterocycles. The van der Waals surface area contributed by atoms with Gasteiger partial charge >= 0.3 is 12.3 Å². The molecule has 0 atom stereocenters. The Morgan fingerprint density at radius 1 is 0.654 bits per heavy atom. The predicted octanol–water partition coefficient (Wildman–Crippen LogP) is 4.03. The van der Waals surface area contributed by atoms with Crippen LogP contribution < -0.4 is 20.7 Å². The summed E-state index contributed by atoms with van der Waals surface area (Å²) >= 11 is 12.5. The molecule has 0 spiro atoms. The van der Waals surface area contributed by atoms with Crippen molar-refractivity contribution in [1.29, 1.82) is 0 Å². The highest BCUT2D eigenvalue weighted by Crippen LogP contribution is 2.22. The summed E-state index contributed by atoms with van der Waals surface area (Å²) in [7, 11) is 4.09. The summed E-state index contributed by atoms with van der Waals surface area (Å²) in [5.74, 6) is 0. The summed E-state index contributed by atoms with van der Waals surface area (Å²) in [6.45, 7) is 4.12. The predicted molar refractivity (Wildman–Crippen MR) is 120 cm³/mol. The Balaban J connectivity index is 0.000000151. The van der Waals surface area contributed by atoms with Crippen molar-refractivity contribution in [3.8, 4) is 0 Å². The van der Waals surface area contributed by atoms with Crippen molar-refractivity contribution in [3.63, 3.8) is 0 Å². The second kappa shape index (κ2) is 7.85. The number of halogens is 2. The first-order valence-electron chi connectivity index (χ1n) is 8.68. The van der Waals surface area contributed by atoms with Crippen LogP contribution in [0.4, 0.5) is 11.4 Å². The minimum Gasteiger partial charge on any atom is -0.352 e. The minimum absolute atomic E-state index is 0.0346. The van der Waals surface area contributed by atoms with Gasteiger partial charge in [-0.2, -0.15) is 22.9 Å². The van der Waals surface area contributed by atoms with Gasteiger partial charge in [0.2, 0.25) is 0 Å². The number of hydrogen-bond acceptors (Lipinski definition) is 2. The number of allylic oxidation sites excluding steroid dienone is 2. The Labute approximate surface area is 167 Å². The molecular weight excluding hydrogens is 361 g/mol. The Morgan fingerprint density at radius 3 is 1.38 bits per heavy atom. The molecule has 0 aromatic heterocycles. The molecule has 0 fully saturated rings. The van der Waals surface area contributed by atoms with Crippen LogP contribution in [0.25, 0.3) is 0 Å². The molecule has 0 N–H and O–H groups in total. The van der Waals surface area contributed by atoms with Crippen LogP contribution in [-0.4, -0.2) is 26.4 Å². The molecule has 2 heterocycles. The van der Waals surface area contributed by atoms with Gasteiger partial charge in [0.15, 0.2) is 0 Å². The van der Waals surface area contributed by atoms with E-state index >= 15 is 0 Å². The van der Waals surface area contributed by atoms with Crippen molar-refractivity contribution in [1.82, 2.24) is 0 Å². The molecule has 0 aliphatic carbocycles. The molecule has 2 aromatic rings. The van der Waals surface area contributed by atoms with E-state index in [-0.39, 0.29) is 12.3 Å². The molecule has 132 valence electrons. The molecule has 2 aromatic carbocycles. The Morgan fingerprint density at radius 2 is 1.00 bits per heavy atom. The normalized spacial score (nSPS) is 15.5. The van der Waals surface area contributed by atoms with Crippen LogP contribution in [-0.2, 0) is 0 Å². The lowest BCUT2D eigenvalue weighted by Gasteiger charge is -2.26. The fourth-order valence-corrected chi connectivity index (χ4v) is 3.90. The molecule has 4 rings (SSSR count). The fourth-order valence-electron chi connectivity index (χ4n) is 3.42. The van der Waals surface area contributed by atoms with Crippen molar-refractivity contribution in [2.75, 3.05) is 23.9 Å². The first-order valence-corrected chi connectivity index (χ1v) is 9.55. The summed E-state index contributed by atoms with van der Waals surface area (Å²) < 4.78 is 0. The highest BCUT2D eigenvalue weighted by Gasteiger charge is 2.25. The van der Waals surface area contributed by atoms with Crippen LogP contribution in [0.2, 0.25) is 0 Å². The standard InChI is InChI=1S/2C10H11BClN/c2*1-8-7-13(2)10-6-4-3-5-9(10)11(8)12/h2*3-7H,1-2H3. The Hall–Kier alpha value is -1.77. The Kier molecular flexibility index (Phi) is 5.74. The quantitative estimate of drug-likeness (QED) is 0.634. The number of para-hydroxylation sites is 2. The third-order valence-corrected chi connectivity index (χ3v) is 5.93. The van der Waals surface area contributed by atoms with Crippen LogP contribution in [0, 0.1) is 0 Å². The van der Waals surface area contributed by atoms with E-state index in [9.17, 15) is 0 Å². The molecule has 0 amide bonds. The number of benzene rings is 2.